The summed E-state index contributed by atoms with van der Waals surface area (Å²) in [6.45, 7) is 0. The number of hydroxylamine groups is 2. The van der Waals surface area contributed by atoms with Crippen LogP contribution in [0.1, 0.15) is 15.9 Å². The Labute approximate surface area is 132 Å². The number of benzene rings is 3. The van der Waals surface area contributed by atoms with Crippen molar-refractivity contribution in [3.63, 3.8) is 0 Å². The molecule has 0 unspecified atom stereocenters. The maximum absolute atomic E-state index is 12.0. The zero-order valence-corrected chi connectivity index (χ0v) is 12.3. The van der Waals surface area contributed by atoms with Crippen LogP contribution in [0, 0.1) is 0 Å². The molecule has 4 heteroatoms. The molecule has 1 heterocycles. The largest absolute Gasteiger partial charge is 0.283 e. The van der Waals surface area contributed by atoms with Gasteiger partial charge in [-0.15, -0.1) is 0 Å². The highest BCUT2D eigenvalue weighted by Gasteiger charge is 2.31. The highest BCUT2D eigenvalue weighted by atomic mass is 32.1. The molecule has 1 N–H and O–H groups in total. The Balaban J connectivity index is 1.95. The number of rotatable bonds is 1. The van der Waals surface area contributed by atoms with Gasteiger partial charge >= 0.3 is 0 Å². The van der Waals surface area contributed by atoms with Gasteiger partial charge in [-0.3, -0.25) is 10.0 Å². The van der Waals surface area contributed by atoms with Crippen molar-refractivity contribution >= 4 is 33.9 Å². The van der Waals surface area contributed by atoms with E-state index in [4.69, 9.17) is 12.2 Å². The monoisotopic (exact) mass is 305 g/mol. The average Bonchev–Trinajstić information content (AvgIpc) is 2.78. The summed E-state index contributed by atoms with van der Waals surface area (Å²) in [5, 5.41) is 12.5. The summed E-state index contributed by atoms with van der Waals surface area (Å²) in [7, 11) is 0. The van der Waals surface area contributed by atoms with Crippen molar-refractivity contribution in [2.45, 2.75) is 0 Å². The van der Waals surface area contributed by atoms with Gasteiger partial charge in [-0.05, 0) is 28.0 Å². The van der Waals surface area contributed by atoms with Gasteiger partial charge in [0, 0.05) is 5.56 Å². The highest BCUT2D eigenvalue weighted by molar-refractivity contribution is 7.80. The molecule has 0 saturated heterocycles. The lowest BCUT2D eigenvalue weighted by atomic mass is 9.96. The molecule has 22 heavy (non-hydrogen) atoms. The Morgan fingerprint density at radius 3 is 2.50 bits per heavy atom. The molecule has 3 aromatic carbocycles. The van der Waals surface area contributed by atoms with E-state index in [0.717, 1.165) is 21.9 Å². The van der Waals surface area contributed by atoms with Gasteiger partial charge in [0.05, 0.1) is 5.56 Å². The van der Waals surface area contributed by atoms with E-state index in [-0.39, 0.29) is 4.99 Å². The summed E-state index contributed by atoms with van der Waals surface area (Å²) in [5.74, 6) is -0.470. The number of amides is 1. The SMILES string of the molecule is O=C1c2cc(-c3cccc4ccccc34)ccc2C(=S)N1O. The Hall–Kier alpha value is -2.56. The van der Waals surface area contributed by atoms with Crippen LogP contribution in [0.2, 0.25) is 0 Å². The predicted octanol–water partition coefficient (Wildman–Crippen LogP) is 4.03. The lowest BCUT2D eigenvalue weighted by molar-refractivity contribution is 0.00254. The third-order valence-corrected chi connectivity index (χ3v) is 4.36. The normalized spacial score (nSPS) is 13.8. The molecule has 0 spiro atoms. The average molecular weight is 305 g/mol. The molecule has 3 aromatic rings. The fraction of sp³-hybridized carbons (Fsp3) is 0. The second-order valence-corrected chi connectivity index (χ2v) is 5.60. The summed E-state index contributed by atoms with van der Waals surface area (Å²) in [6, 6.07) is 19.7. The number of thiocarbonyl (C=S) groups is 1. The van der Waals surface area contributed by atoms with Crippen LogP contribution in [-0.4, -0.2) is 21.2 Å². The van der Waals surface area contributed by atoms with Crippen LogP contribution in [0.4, 0.5) is 0 Å². The van der Waals surface area contributed by atoms with Crippen LogP contribution < -0.4 is 0 Å². The van der Waals surface area contributed by atoms with E-state index in [1.54, 1.807) is 12.1 Å². The van der Waals surface area contributed by atoms with Crippen molar-refractivity contribution in [1.82, 2.24) is 5.06 Å². The zero-order chi connectivity index (χ0) is 15.3. The number of hydrogen-bond acceptors (Lipinski definition) is 3. The second-order valence-electron chi connectivity index (χ2n) is 5.21. The predicted molar refractivity (Wildman–Crippen MR) is 89.0 cm³/mol. The standard InChI is InChI=1S/C18H11NO2S/c20-17-16-10-12(8-9-15(16)18(22)19(17)21)14-7-3-5-11-4-1-2-6-13(11)14/h1-10,21H. The van der Waals surface area contributed by atoms with Crippen LogP contribution in [0.5, 0.6) is 0 Å². The Morgan fingerprint density at radius 1 is 0.864 bits per heavy atom. The topological polar surface area (TPSA) is 40.5 Å². The lowest BCUT2D eigenvalue weighted by Gasteiger charge is -2.08. The molecular weight excluding hydrogens is 294 g/mol. The van der Waals surface area contributed by atoms with E-state index in [9.17, 15) is 10.0 Å². The Bertz CT molecular complexity index is 943. The summed E-state index contributed by atoms with van der Waals surface area (Å²) in [6.07, 6.45) is 0. The number of hydrogen-bond donors (Lipinski definition) is 1. The van der Waals surface area contributed by atoms with Gasteiger partial charge in [0.2, 0.25) is 0 Å². The fourth-order valence-electron chi connectivity index (χ4n) is 2.87. The molecule has 1 amide bonds. The third-order valence-electron chi connectivity index (χ3n) is 3.97. The molecule has 0 radical (unpaired) electrons. The summed E-state index contributed by atoms with van der Waals surface area (Å²) < 4.78 is 0. The first-order chi connectivity index (χ1) is 10.7. The number of carbonyl (C=O) groups is 1. The minimum absolute atomic E-state index is 0.157. The summed E-state index contributed by atoms with van der Waals surface area (Å²) in [4.78, 5) is 12.2. The maximum atomic E-state index is 12.0. The summed E-state index contributed by atoms with van der Waals surface area (Å²) in [5.41, 5.74) is 3.03. The quantitative estimate of drug-likeness (QED) is 0.545. The van der Waals surface area contributed by atoms with Crippen molar-refractivity contribution in [3.8, 4) is 11.1 Å². The molecule has 1 aliphatic rings. The number of fused-ring (bicyclic) bond motifs is 2. The van der Waals surface area contributed by atoms with Gasteiger partial charge in [0.15, 0.2) is 0 Å². The minimum Gasteiger partial charge on any atom is -0.280 e. The van der Waals surface area contributed by atoms with E-state index in [1.807, 2.05) is 30.3 Å². The van der Waals surface area contributed by atoms with Gasteiger partial charge in [0.1, 0.15) is 4.99 Å². The Kier molecular flexibility index (Phi) is 2.82. The van der Waals surface area contributed by atoms with Crippen LogP contribution in [0.3, 0.4) is 0 Å². The van der Waals surface area contributed by atoms with Gasteiger partial charge in [0.25, 0.3) is 5.91 Å². The first-order valence-corrected chi connectivity index (χ1v) is 7.27. The minimum atomic E-state index is -0.470. The first-order valence-electron chi connectivity index (χ1n) is 6.86. The molecule has 0 saturated carbocycles. The summed E-state index contributed by atoms with van der Waals surface area (Å²) >= 11 is 5.07. The van der Waals surface area contributed by atoms with Crippen LogP contribution in [-0.2, 0) is 0 Å². The molecular formula is C18H11NO2S. The second kappa shape index (κ2) is 4.73. The van der Waals surface area contributed by atoms with Crippen molar-refractivity contribution in [2.75, 3.05) is 0 Å². The molecule has 1 aliphatic heterocycles. The molecule has 0 aromatic heterocycles. The molecule has 4 rings (SSSR count). The van der Waals surface area contributed by atoms with E-state index in [1.165, 1.54) is 0 Å². The van der Waals surface area contributed by atoms with E-state index in [0.29, 0.717) is 16.2 Å². The van der Waals surface area contributed by atoms with Crippen molar-refractivity contribution in [1.29, 1.82) is 0 Å². The van der Waals surface area contributed by atoms with Gasteiger partial charge in [-0.25, -0.2) is 0 Å². The highest BCUT2D eigenvalue weighted by Crippen LogP contribution is 2.32. The molecule has 0 atom stereocenters. The molecule has 3 nitrogen and oxygen atoms in total. The van der Waals surface area contributed by atoms with Gasteiger partial charge < -0.3 is 0 Å². The molecule has 0 bridgehead atoms. The van der Waals surface area contributed by atoms with Gasteiger partial charge in [-0.2, -0.15) is 5.06 Å². The van der Waals surface area contributed by atoms with Crippen LogP contribution in [0.25, 0.3) is 21.9 Å². The van der Waals surface area contributed by atoms with Crippen LogP contribution in [0.15, 0.2) is 60.7 Å². The Morgan fingerprint density at radius 2 is 1.64 bits per heavy atom. The van der Waals surface area contributed by atoms with Crippen molar-refractivity contribution in [2.24, 2.45) is 0 Å². The smallest absolute Gasteiger partial charge is 0.280 e. The third kappa shape index (κ3) is 1.78. The number of carbonyl (C=O) groups excluding carboxylic acids is 1. The van der Waals surface area contributed by atoms with Gasteiger partial charge in [-0.1, -0.05) is 66.8 Å². The van der Waals surface area contributed by atoms with E-state index >= 15 is 0 Å². The van der Waals surface area contributed by atoms with Crippen molar-refractivity contribution in [3.05, 3.63) is 71.8 Å². The van der Waals surface area contributed by atoms with Crippen LogP contribution >= 0.6 is 12.2 Å². The molecule has 0 aliphatic carbocycles. The molecule has 106 valence electrons. The van der Waals surface area contributed by atoms with E-state index < -0.39 is 5.91 Å². The molecule has 0 fully saturated rings. The fourth-order valence-corrected chi connectivity index (χ4v) is 3.13. The van der Waals surface area contributed by atoms with Crippen molar-refractivity contribution < 1.29 is 10.0 Å². The van der Waals surface area contributed by atoms with E-state index in [2.05, 4.69) is 18.2 Å². The maximum Gasteiger partial charge on any atom is 0.283 e. The number of nitrogens with zero attached hydrogens (tertiary/aromatic N) is 1. The zero-order valence-electron chi connectivity index (χ0n) is 11.5. The first kappa shape index (κ1) is 13.1. The lowest BCUT2D eigenvalue weighted by Crippen LogP contribution is -2.24.